The summed E-state index contributed by atoms with van der Waals surface area (Å²) in [6.07, 6.45) is 1.03. The summed E-state index contributed by atoms with van der Waals surface area (Å²) in [6, 6.07) is 17.4. The molecule has 2 aromatic carbocycles. The van der Waals surface area contributed by atoms with Crippen LogP contribution in [0.25, 0.3) is 0 Å². The topological polar surface area (TPSA) is 0 Å². The molecule has 0 saturated carbocycles. The molecule has 0 N–H and O–H groups in total. The van der Waals surface area contributed by atoms with Crippen LogP contribution in [0.2, 0.25) is 0 Å². The first-order valence-electron chi connectivity index (χ1n) is 5.91. The van der Waals surface area contributed by atoms with E-state index >= 15 is 0 Å². The maximum Gasteiger partial charge on any atom is 0.0435 e. The first-order valence-corrected chi connectivity index (χ1v) is 6.83. The van der Waals surface area contributed by atoms with E-state index < -0.39 is 0 Å². The van der Waals surface area contributed by atoms with Gasteiger partial charge in [-0.05, 0) is 31.4 Å². The molecule has 2 aromatic rings. The first-order chi connectivity index (χ1) is 8.15. The molecule has 0 saturated heterocycles. The maximum atomic E-state index is 3.78. The Kier molecular flexibility index (Phi) is 4.01. The second-order valence-electron chi connectivity index (χ2n) is 4.57. The van der Waals surface area contributed by atoms with E-state index in [9.17, 15) is 0 Å². The van der Waals surface area contributed by atoms with Crippen molar-refractivity contribution in [2.45, 2.75) is 25.1 Å². The molecule has 2 rings (SSSR count). The Balaban J connectivity index is 2.14. The van der Waals surface area contributed by atoms with E-state index in [-0.39, 0.29) is 0 Å². The van der Waals surface area contributed by atoms with Crippen LogP contribution in [0, 0.1) is 13.8 Å². The van der Waals surface area contributed by atoms with Gasteiger partial charge in [-0.15, -0.1) is 0 Å². The summed E-state index contributed by atoms with van der Waals surface area (Å²) in [6.45, 7) is 4.27. The maximum absolute atomic E-state index is 3.78. The molecule has 0 aromatic heterocycles. The van der Waals surface area contributed by atoms with Crippen molar-refractivity contribution >= 4 is 15.9 Å². The molecule has 0 radical (unpaired) electrons. The number of halogens is 1. The van der Waals surface area contributed by atoms with Crippen LogP contribution in [-0.2, 0) is 6.42 Å². The average molecular weight is 289 g/mol. The van der Waals surface area contributed by atoms with Crippen LogP contribution < -0.4 is 0 Å². The normalized spacial score (nSPS) is 12.4. The SMILES string of the molecule is Cc1cccc(CC(Br)c2cccc(C)c2)c1. The van der Waals surface area contributed by atoms with Crippen LogP contribution in [0.4, 0.5) is 0 Å². The van der Waals surface area contributed by atoms with E-state index in [1.54, 1.807) is 0 Å². The summed E-state index contributed by atoms with van der Waals surface area (Å²) < 4.78 is 0. The molecule has 0 aliphatic rings. The number of rotatable bonds is 3. The highest BCUT2D eigenvalue weighted by Crippen LogP contribution is 2.27. The largest absolute Gasteiger partial charge is 0.0835 e. The van der Waals surface area contributed by atoms with Gasteiger partial charge in [-0.2, -0.15) is 0 Å². The van der Waals surface area contributed by atoms with Gasteiger partial charge < -0.3 is 0 Å². The van der Waals surface area contributed by atoms with Crippen molar-refractivity contribution < 1.29 is 0 Å². The summed E-state index contributed by atoms with van der Waals surface area (Å²) >= 11 is 3.78. The highest BCUT2D eigenvalue weighted by Gasteiger charge is 2.08. The second-order valence-corrected chi connectivity index (χ2v) is 5.68. The lowest BCUT2D eigenvalue weighted by Gasteiger charge is -2.11. The molecule has 88 valence electrons. The lowest BCUT2D eigenvalue weighted by molar-refractivity contribution is 0.945. The van der Waals surface area contributed by atoms with Gasteiger partial charge in [0.25, 0.3) is 0 Å². The third kappa shape index (κ3) is 3.44. The van der Waals surface area contributed by atoms with Crippen LogP contribution in [0.1, 0.15) is 27.1 Å². The lowest BCUT2D eigenvalue weighted by atomic mass is 10.0. The minimum absolute atomic E-state index is 0.393. The molecule has 0 nitrogen and oxygen atoms in total. The first kappa shape index (κ1) is 12.4. The lowest BCUT2D eigenvalue weighted by Crippen LogP contribution is -1.96. The Labute approximate surface area is 112 Å². The van der Waals surface area contributed by atoms with Gasteiger partial charge in [-0.3, -0.25) is 0 Å². The molecular weight excluding hydrogens is 272 g/mol. The Bertz CT molecular complexity index is 502. The minimum Gasteiger partial charge on any atom is -0.0835 e. The molecular formula is C16H17Br. The van der Waals surface area contributed by atoms with E-state index in [4.69, 9.17) is 0 Å². The fourth-order valence-corrected chi connectivity index (χ4v) is 2.69. The van der Waals surface area contributed by atoms with Crippen LogP contribution >= 0.6 is 15.9 Å². The third-order valence-corrected chi connectivity index (χ3v) is 3.75. The fraction of sp³-hybridized carbons (Fsp3) is 0.250. The van der Waals surface area contributed by atoms with Crippen molar-refractivity contribution in [1.82, 2.24) is 0 Å². The van der Waals surface area contributed by atoms with Gasteiger partial charge in [-0.1, -0.05) is 75.6 Å². The molecule has 1 atom stereocenters. The van der Waals surface area contributed by atoms with Crippen molar-refractivity contribution in [3.63, 3.8) is 0 Å². The van der Waals surface area contributed by atoms with Crippen LogP contribution in [0.5, 0.6) is 0 Å². The van der Waals surface area contributed by atoms with E-state index in [1.807, 2.05) is 0 Å². The van der Waals surface area contributed by atoms with Gasteiger partial charge in [0.1, 0.15) is 0 Å². The van der Waals surface area contributed by atoms with Gasteiger partial charge in [0, 0.05) is 4.83 Å². The number of hydrogen-bond acceptors (Lipinski definition) is 0. The molecule has 1 unspecified atom stereocenters. The zero-order valence-corrected chi connectivity index (χ0v) is 11.9. The van der Waals surface area contributed by atoms with Crippen molar-refractivity contribution in [2.24, 2.45) is 0 Å². The highest BCUT2D eigenvalue weighted by atomic mass is 79.9. The Hall–Kier alpha value is -1.08. The zero-order chi connectivity index (χ0) is 12.3. The van der Waals surface area contributed by atoms with E-state index in [1.165, 1.54) is 22.3 Å². The smallest absolute Gasteiger partial charge is 0.0435 e. The van der Waals surface area contributed by atoms with Gasteiger partial charge >= 0.3 is 0 Å². The second kappa shape index (κ2) is 5.50. The molecule has 0 spiro atoms. The van der Waals surface area contributed by atoms with Crippen molar-refractivity contribution in [3.8, 4) is 0 Å². The van der Waals surface area contributed by atoms with Gasteiger partial charge in [0.15, 0.2) is 0 Å². The predicted octanol–water partition coefficient (Wildman–Crippen LogP) is 4.98. The van der Waals surface area contributed by atoms with E-state index in [0.29, 0.717) is 4.83 Å². The summed E-state index contributed by atoms with van der Waals surface area (Å²) in [7, 11) is 0. The van der Waals surface area contributed by atoms with Gasteiger partial charge in [-0.25, -0.2) is 0 Å². The summed E-state index contributed by atoms with van der Waals surface area (Å²) in [4.78, 5) is 0.393. The molecule has 0 heterocycles. The Morgan fingerprint density at radius 3 is 2.24 bits per heavy atom. The summed E-state index contributed by atoms with van der Waals surface area (Å²) in [5.41, 5.74) is 5.38. The van der Waals surface area contributed by atoms with Crippen molar-refractivity contribution in [3.05, 3.63) is 70.8 Å². The molecule has 0 aliphatic carbocycles. The number of hydrogen-bond donors (Lipinski definition) is 0. The molecule has 0 bridgehead atoms. The number of alkyl halides is 1. The Morgan fingerprint density at radius 1 is 0.941 bits per heavy atom. The summed E-state index contributed by atoms with van der Waals surface area (Å²) in [5, 5.41) is 0. The molecule has 0 fully saturated rings. The third-order valence-electron chi connectivity index (χ3n) is 2.90. The van der Waals surface area contributed by atoms with Crippen molar-refractivity contribution in [2.75, 3.05) is 0 Å². The predicted molar refractivity (Wildman–Crippen MR) is 77.7 cm³/mol. The van der Waals surface area contributed by atoms with Gasteiger partial charge in [0.2, 0.25) is 0 Å². The average Bonchev–Trinajstić information content (AvgIpc) is 2.29. The minimum atomic E-state index is 0.393. The Morgan fingerprint density at radius 2 is 1.59 bits per heavy atom. The number of aryl methyl sites for hydroxylation is 2. The molecule has 1 heteroatoms. The highest BCUT2D eigenvalue weighted by molar-refractivity contribution is 9.09. The van der Waals surface area contributed by atoms with E-state index in [2.05, 4.69) is 78.3 Å². The van der Waals surface area contributed by atoms with Crippen LogP contribution in [0.3, 0.4) is 0 Å². The summed E-state index contributed by atoms with van der Waals surface area (Å²) in [5.74, 6) is 0. The van der Waals surface area contributed by atoms with Crippen molar-refractivity contribution in [1.29, 1.82) is 0 Å². The van der Waals surface area contributed by atoms with Crippen LogP contribution in [-0.4, -0.2) is 0 Å². The monoisotopic (exact) mass is 288 g/mol. The molecule has 0 aliphatic heterocycles. The zero-order valence-electron chi connectivity index (χ0n) is 10.3. The quantitative estimate of drug-likeness (QED) is 0.699. The van der Waals surface area contributed by atoms with Gasteiger partial charge in [0.05, 0.1) is 0 Å². The van der Waals surface area contributed by atoms with Crippen LogP contribution in [0.15, 0.2) is 48.5 Å². The fourth-order valence-electron chi connectivity index (χ4n) is 2.03. The van der Waals surface area contributed by atoms with E-state index in [0.717, 1.165) is 6.42 Å². The molecule has 0 amide bonds. The number of benzene rings is 2. The molecule has 17 heavy (non-hydrogen) atoms. The standard InChI is InChI=1S/C16H17Br/c1-12-5-3-7-14(9-12)11-16(17)15-8-4-6-13(2)10-15/h3-10,16H,11H2,1-2H3.